The Bertz CT molecular complexity index is 1440. The van der Waals surface area contributed by atoms with E-state index in [0.29, 0.717) is 23.1 Å². The van der Waals surface area contributed by atoms with Crippen molar-refractivity contribution in [3.63, 3.8) is 0 Å². The lowest BCUT2D eigenvalue weighted by Crippen LogP contribution is -2.27. The molecule has 2 amide bonds. The third-order valence-corrected chi connectivity index (χ3v) is 6.03. The second-order valence-electron chi connectivity index (χ2n) is 9.48. The van der Waals surface area contributed by atoms with Crippen molar-refractivity contribution in [1.29, 1.82) is 0 Å². The van der Waals surface area contributed by atoms with Crippen molar-refractivity contribution in [2.24, 2.45) is 5.73 Å². The molecule has 2 aromatic carbocycles. The van der Waals surface area contributed by atoms with Gasteiger partial charge in [0, 0.05) is 36.3 Å². The van der Waals surface area contributed by atoms with Crippen LogP contribution < -0.4 is 5.73 Å². The molecule has 1 aromatic heterocycles. The van der Waals surface area contributed by atoms with E-state index < -0.39 is 5.91 Å². The third kappa shape index (κ3) is 5.95. The number of nitrogens with zero attached hydrogens (tertiary/aromatic N) is 2. The van der Waals surface area contributed by atoms with Gasteiger partial charge >= 0.3 is 0 Å². The maximum atomic E-state index is 14.6. The Hall–Kier alpha value is -4.06. The minimum atomic E-state index is -0.542. The van der Waals surface area contributed by atoms with Gasteiger partial charge in [0.1, 0.15) is 5.82 Å². The Balaban J connectivity index is 1.78. The number of hydrogen-bond acceptors (Lipinski definition) is 3. The van der Waals surface area contributed by atoms with Crippen LogP contribution >= 0.6 is 0 Å². The first kappa shape index (κ1) is 26.5. The summed E-state index contributed by atoms with van der Waals surface area (Å²) >= 11 is 0. The minimum Gasteiger partial charge on any atom is -0.366 e. The number of carbonyl (C=O) groups excluding carboxylic acids is 2. The summed E-state index contributed by atoms with van der Waals surface area (Å²) in [4.78, 5) is 30.8. The summed E-state index contributed by atoms with van der Waals surface area (Å²) in [7, 11) is 1.62. The number of halogens is 1. The van der Waals surface area contributed by atoms with Gasteiger partial charge in [-0.3, -0.25) is 14.6 Å². The van der Waals surface area contributed by atoms with Crippen LogP contribution in [0.5, 0.6) is 0 Å². The number of carbonyl (C=O) groups is 2. The molecule has 1 heterocycles. The first-order valence-corrected chi connectivity index (χ1v) is 11.6. The van der Waals surface area contributed by atoms with Crippen LogP contribution in [0, 0.1) is 19.7 Å². The highest BCUT2D eigenvalue weighted by molar-refractivity contribution is 6.05. The maximum absolute atomic E-state index is 14.6. The average molecular weight is 486 g/mol. The molecule has 0 aliphatic rings. The minimum absolute atomic E-state index is 0.107. The zero-order chi connectivity index (χ0) is 26.7. The molecule has 0 aliphatic heterocycles. The number of hydrogen-bond donors (Lipinski definition) is 1. The van der Waals surface area contributed by atoms with E-state index in [1.807, 2.05) is 39.8 Å². The molecule has 0 radical (unpaired) electrons. The molecule has 0 fully saturated rings. The van der Waals surface area contributed by atoms with Crippen molar-refractivity contribution in [2.75, 3.05) is 7.05 Å². The predicted octanol–water partition coefficient (Wildman–Crippen LogP) is 5.83. The Kier molecular flexibility index (Phi) is 7.88. The summed E-state index contributed by atoms with van der Waals surface area (Å²) in [5, 5.41) is 0.831. The lowest BCUT2D eigenvalue weighted by molar-refractivity contribution is -0.126. The lowest BCUT2D eigenvalue weighted by atomic mass is 9.98. The maximum Gasteiger partial charge on any atom is 0.253 e. The molecule has 0 saturated carbocycles. The first-order chi connectivity index (χ1) is 16.9. The van der Waals surface area contributed by atoms with E-state index in [1.54, 1.807) is 31.5 Å². The van der Waals surface area contributed by atoms with Crippen LogP contribution in [-0.4, -0.2) is 28.7 Å². The van der Waals surface area contributed by atoms with Gasteiger partial charge in [0.05, 0.1) is 11.1 Å². The number of aryl methyl sites for hydroxylation is 2. The van der Waals surface area contributed by atoms with Crippen LogP contribution in [0.4, 0.5) is 4.39 Å². The number of aromatic nitrogens is 1. The number of pyridine rings is 1. The standard InChI is InChI=1S/C30H32FN3O2/c1-17(2)25-14-24(27(31)11-20(25)5)16-34(7)30(36)21(6)8-18(3)9-22-12-23-10-19(4)15-33-28(23)26(13-22)29(32)35/h8,10-15H,1,6,9,16H2,2-5,7H3,(H2,32,35)/b18-8+. The molecule has 186 valence electrons. The summed E-state index contributed by atoms with van der Waals surface area (Å²) in [5.41, 5.74) is 12.5. The monoisotopic (exact) mass is 485 g/mol. The molecule has 0 atom stereocenters. The summed E-state index contributed by atoms with van der Waals surface area (Å²) in [6.07, 6.45) is 3.91. The SMILES string of the molecule is C=C(/C=C(\C)Cc1cc(C(N)=O)c2ncc(C)cc2c1)C(=O)N(C)Cc1cc(C(=C)C)c(C)cc1F. The van der Waals surface area contributed by atoms with Gasteiger partial charge in [-0.2, -0.15) is 0 Å². The molecule has 0 aliphatic carbocycles. The molecule has 5 nitrogen and oxygen atoms in total. The van der Waals surface area contributed by atoms with Crippen molar-refractivity contribution < 1.29 is 14.0 Å². The first-order valence-electron chi connectivity index (χ1n) is 11.6. The molecule has 0 unspecified atom stereocenters. The Morgan fingerprint density at radius 1 is 1.08 bits per heavy atom. The second-order valence-corrected chi connectivity index (χ2v) is 9.48. The molecule has 0 spiro atoms. The van der Waals surface area contributed by atoms with Crippen LogP contribution in [0.2, 0.25) is 0 Å². The molecule has 2 N–H and O–H groups in total. The van der Waals surface area contributed by atoms with E-state index in [9.17, 15) is 14.0 Å². The molecule has 0 bridgehead atoms. The number of likely N-dealkylation sites (N-methyl/N-ethyl adjacent to an activating group) is 1. The summed E-state index contributed by atoms with van der Waals surface area (Å²) < 4.78 is 14.6. The van der Waals surface area contributed by atoms with Gasteiger partial charge in [0.2, 0.25) is 0 Å². The number of allylic oxidation sites excluding steroid dienone is 2. The van der Waals surface area contributed by atoms with Crippen molar-refractivity contribution in [1.82, 2.24) is 9.88 Å². The smallest absolute Gasteiger partial charge is 0.253 e. The number of fused-ring (bicyclic) bond motifs is 1. The van der Waals surface area contributed by atoms with Gasteiger partial charge in [-0.15, -0.1) is 0 Å². The average Bonchev–Trinajstić information content (AvgIpc) is 2.78. The van der Waals surface area contributed by atoms with Gasteiger partial charge in [0.15, 0.2) is 0 Å². The Labute approximate surface area is 211 Å². The van der Waals surface area contributed by atoms with E-state index in [1.165, 1.54) is 11.0 Å². The zero-order valence-corrected chi connectivity index (χ0v) is 21.5. The Morgan fingerprint density at radius 2 is 1.78 bits per heavy atom. The highest BCUT2D eigenvalue weighted by Crippen LogP contribution is 2.24. The van der Waals surface area contributed by atoms with Gasteiger partial charge < -0.3 is 10.6 Å². The predicted molar refractivity (Wildman–Crippen MR) is 144 cm³/mol. The summed E-state index contributed by atoms with van der Waals surface area (Å²) in [6.45, 7) is 15.5. The number of primary amides is 1. The quantitative estimate of drug-likeness (QED) is 0.322. The summed E-state index contributed by atoms with van der Waals surface area (Å²) in [6, 6.07) is 8.87. The normalized spacial score (nSPS) is 11.4. The van der Waals surface area contributed by atoms with Crippen molar-refractivity contribution >= 4 is 28.3 Å². The molecule has 3 aromatic rings. The van der Waals surface area contributed by atoms with Crippen molar-refractivity contribution in [3.05, 3.63) is 106 Å². The molecular formula is C30H32FN3O2. The fourth-order valence-corrected chi connectivity index (χ4v) is 4.32. The summed E-state index contributed by atoms with van der Waals surface area (Å²) in [5.74, 6) is -1.21. The zero-order valence-electron chi connectivity index (χ0n) is 21.5. The number of benzene rings is 2. The fourth-order valence-electron chi connectivity index (χ4n) is 4.32. The van der Waals surface area contributed by atoms with Gasteiger partial charge in [-0.05, 0) is 86.7 Å². The third-order valence-electron chi connectivity index (χ3n) is 6.03. The van der Waals surface area contributed by atoms with E-state index in [-0.39, 0.29) is 23.8 Å². The largest absolute Gasteiger partial charge is 0.366 e. The second kappa shape index (κ2) is 10.7. The van der Waals surface area contributed by atoms with E-state index in [2.05, 4.69) is 18.1 Å². The van der Waals surface area contributed by atoms with Gasteiger partial charge in [-0.1, -0.05) is 30.4 Å². The molecule has 3 rings (SSSR count). The van der Waals surface area contributed by atoms with Gasteiger partial charge in [-0.25, -0.2) is 4.39 Å². The van der Waals surface area contributed by atoms with Gasteiger partial charge in [0.25, 0.3) is 11.8 Å². The lowest BCUT2D eigenvalue weighted by Gasteiger charge is -2.19. The van der Waals surface area contributed by atoms with Crippen LogP contribution in [0.25, 0.3) is 16.5 Å². The highest BCUT2D eigenvalue weighted by atomic mass is 19.1. The van der Waals surface area contributed by atoms with Crippen LogP contribution in [0.1, 0.15) is 52.0 Å². The number of nitrogens with two attached hydrogens (primary N) is 1. The Morgan fingerprint density at radius 3 is 2.42 bits per heavy atom. The van der Waals surface area contributed by atoms with E-state index in [0.717, 1.165) is 38.8 Å². The van der Waals surface area contributed by atoms with Crippen molar-refractivity contribution in [2.45, 2.75) is 40.7 Å². The van der Waals surface area contributed by atoms with Crippen LogP contribution in [0.15, 0.2) is 66.9 Å². The van der Waals surface area contributed by atoms with E-state index in [4.69, 9.17) is 5.73 Å². The fraction of sp³-hybridized carbons (Fsp3) is 0.233. The molecule has 36 heavy (non-hydrogen) atoms. The molecule has 6 heteroatoms. The highest BCUT2D eigenvalue weighted by Gasteiger charge is 2.16. The number of amides is 2. The van der Waals surface area contributed by atoms with Crippen molar-refractivity contribution in [3.8, 4) is 0 Å². The topological polar surface area (TPSA) is 76.3 Å². The van der Waals surface area contributed by atoms with E-state index >= 15 is 0 Å². The molecular weight excluding hydrogens is 453 g/mol. The molecule has 0 saturated heterocycles. The van der Waals surface area contributed by atoms with Crippen LogP contribution in [-0.2, 0) is 17.8 Å². The number of rotatable bonds is 8. The van der Waals surface area contributed by atoms with Crippen LogP contribution in [0.3, 0.4) is 0 Å².